The number of aliphatic hydroxyl groups excluding tert-OH is 2. The molecule has 0 aromatic rings. The van der Waals surface area contributed by atoms with Gasteiger partial charge in [0.05, 0.1) is 25.4 Å². The van der Waals surface area contributed by atoms with Crippen molar-refractivity contribution in [3.05, 3.63) is 97.2 Å². The van der Waals surface area contributed by atoms with E-state index in [4.69, 9.17) is 24.3 Å². The lowest BCUT2D eigenvalue weighted by atomic mass is 10.1. The second kappa shape index (κ2) is 39.7. The molecule has 0 aliphatic carbocycles. The number of ether oxygens (including phenoxy) is 2. The molecular formula is C45H74NO10P. The largest absolute Gasteiger partial charge is 0.472 e. The normalized spacial score (nSPS) is 15.4. The molecule has 324 valence electrons. The number of rotatable bonds is 37. The lowest BCUT2D eigenvalue weighted by Crippen LogP contribution is -2.29. The summed E-state index contributed by atoms with van der Waals surface area (Å²) in [4.78, 5) is 34.8. The number of aliphatic hydroxyl groups is 2. The van der Waals surface area contributed by atoms with Crippen molar-refractivity contribution in [2.75, 3.05) is 26.4 Å². The summed E-state index contributed by atoms with van der Waals surface area (Å²) >= 11 is 0. The Labute approximate surface area is 343 Å². The van der Waals surface area contributed by atoms with E-state index in [1.54, 1.807) is 0 Å². The molecule has 0 rings (SSSR count). The Bertz CT molecular complexity index is 1290. The molecule has 12 heteroatoms. The van der Waals surface area contributed by atoms with E-state index in [0.717, 1.165) is 77.0 Å². The minimum absolute atomic E-state index is 0.0174. The second-order valence-corrected chi connectivity index (χ2v) is 15.0. The van der Waals surface area contributed by atoms with Gasteiger partial charge in [0.2, 0.25) is 0 Å². The summed E-state index contributed by atoms with van der Waals surface area (Å²) in [6.07, 6.45) is 43.9. The topological polar surface area (TPSA) is 175 Å². The van der Waals surface area contributed by atoms with Crippen molar-refractivity contribution in [2.24, 2.45) is 5.73 Å². The fraction of sp³-hybridized carbons (Fsp3) is 0.600. The lowest BCUT2D eigenvalue weighted by Gasteiger charge is -2.19. The molecule has 0 amide bonds. The fourth-order valence-electron chi connectivity index (χ4n) is 4.96. The van der Waals surface area contributed by atoms with Gasteiger partial charge < -0.3 is 30.3 Å². The number of hydrogen-bond acceptors (Lipinski definition) is 10. The average Bonchev–Trinajstić information content (AvgIpc) is 3.18. The fourth-order valence-corrected chi connectivity index (χ4v) is 5.72. The van der Waals surface area contributed by atoms with Gasteiger partial charge in [0.1, 0.15) is 6.61 Å². The molecule has 0 fully saturated rings. The zero-order chi connectivity index (χ0) is 42.1. The van der Waals surface area contributed by atoms with Crippen molar-refractivity contribution in [1.82, 2.24) is 0 Å². The van der Waals surface area contributed by atoms with Crippen molar-refractivity contribution in [3.8, 4) is 0 Å². The van der Waals surface area contributed by atoms with Gasteiger partial charge >= 0.3 is 19.8 Å². The number of allylic oxidation sites excluding steroid dienone is 14. The van der Waals surface area contributed by atoms with Crippen LogP contribution >= 0.6 is 7.82 Å². The van der Waals surface area contributed by atoms with Gasteiger partial charge in [-0.3, -0.25) is 18.6 Å². The van der Waals surface area contributed by atoms with E-state index in [1.165, 1.54) is 0 Å². The number of carbonyl (C=O) groups is 2. The minimum atomic E-state index is -4.43. The first-order chi connectivity index (χ1) is 27.6. The second-order valence-electron chi connectivity index (χ2n) is 13.5. The number of carbonyl (C=O) groups excluding carboxylic acids is 2. The molecule has 11 nitrogen and oxygen atoms in total. The van der Waals surface area contributed by atoms with E-state index in [-0.39, 0.29) is 44.8 Å². The number of hydrogen-bond donors (Lipinski definition) is 4. The van der Waals surface area contributed by atoms with Crippen LogP contribution in [0.25, 0.3) is 0 Å². The third kappa shape index (κ3) is 39.5. The molecule has 0 saturated heterocycles. The van der Waals surface area contributed by atoms with Crippen molar-refractivity contribution >= 4 is 19.8 Å². The highest BCUT2D eigenvalue weighted by atomic mass is 31.2. The van der Waals surface area contributed by atoms with Crippen molar-refractivity contribution in [2.45, 2.75) is 148 Å². The molecular weight excluding hydrogens is 745 g/mol. The molecule has 57 heavy (non-hydrogen) atoms. The predicted molar refractivity (Wildman–Crippen MR) is 231 cm³/mol. The van der Waals surface area contributed by atoms with Gasteiger partial charge in [0.15, 0.2) is 6.10 Å². The molecule has 0 bridgehead atoms. The van der Waals surface area contributed by atoms with Gasteiger partial charge in [-0.15, -0.1) is 0 Å². The maximum absolute atomic E-state index is 12.5. The van der Waals surface area contributed by atoms with E-state index in [0.29, 0.717) is 25.7 Å². The van der Waals surface area contributed by atoms with Crippen molar-refractivity contribution in [3.63, 3.8) is 0 Å². The molecule has 0 radical (unpaired) electrons. The van der Waals surface area contributed by atoms with Crippen LogP contribution in [-0.4, -0.2) is 71.7 Å². The van der Waals surface area contributed by atoms with Crippen LogP contribution in [0, 0.1) is 0 Å². The number of phosphoric acid groups is 1. The third-order valence-corrected chi connectivity index (χ3v) is 9.13. The number of nitrogens with two attached hydrogens (primary N) is 1. The number of esters is 2. The minimum Gasteiger partial charge on any atom is -0.462 e. The number of unbranched alkanes of at least 4 members (excludes halogenated alkanes) is 6. The first kappa shape index (κ1) is 53.9. The predicted octanol–water partition coefficient (Wildman–Crippen LogP) is 9.77. The van der Waals surface area contributed by atoms with Gasteiger partial charge in [-0.05, 0) is 64.2 Å². The van der Waals surface area contributed by atoms with Gasteiger partial charge in [-0.2, -0.15) is 0 Å². The zero-order valence-corrected chi connectivity index (χ0v) is 35.6. The Morgan fingerprint density at radius 2 is 1.09 bits per heavy atom. The summed E-state index contributed by atoms with van der Waals surface area (Å²) in [5.74, 6) is -1.02. The van der Waals surface area contributed by atoms with Crippen LogP contribution < -0.4 is 5.73 Å². The van der Waals surface area contributed by atoms with Gasteiger partial charge in [0, 0.05) is 19.4 Å². The van der Waals surface area contributed by atoms with E-state index >= 15 is 0 Å². The highest BCUT2D eigenvalue weighted by Gasteiger charge is 2.25. The zero-order valence-electron chi connectivity index (χ0n) is 34.7. The molecule has 0 spiro atoms. The smallest absolute Gasteiger partial charge is 0.462 e. The molecule has 0 heterocycles. The Morgan fingerprint density at radius 3 is 1.58 bits per heavy atom. The molecule has 4 atom stereocenters. The maximum atomic E-state index is 12.5. The summed E-state index contributed by atoms with van der Waals surface area (Å²) in [6.45, 7) is 3.29. The van der Waals surface area contributed by atoms with Crippen LogP contribution in [0.3, 0.4) is 0 Å². The van der Waals surface area contributed by atoms with Crippen LogP contribution in [0.15, 0.2) is 97.2 Å². The quantitative estimate of drug-likeness (QED) is 0.0154. The van der Waals surface area contributed by atoms with Crippen LogP contribution in [0.1, 0.15) is 129 Å². The Morgan fingerprint density at radius 1 is 0.614 bits per heavy atom. The summed E-state index contributed by atoms with van der Waals surface area (Å²) in [5, 5.41) is 19.8. The highest BCUT2D eigenvalue weighted by Crippen LogP contribution is 2.43. The molecule has 0 aromatic heterocycles. The first-order valence-electron chi connectivity index (χ1n) is 20.9. The summed E-state index contributed by atoms with van der Waals surface area (Å²) in [5.41, 5.74) is 5.33. The molecule has 5 N–H and O–H groups in total. The van der Waals surface area contributed by atoms with Gasteiger partial charge in [0.25, 0.3) is 0 Å². The van der Waals surface area contributed by atoms with Crippen molar-refractivity contribution < 1.29 is 47.8 Å². The monoisotopic (exact) mass is 820 g/mol. The summed E-state index contributed by atoms with van der Waals surface area (Å²) < 4.78 is 32.6. The molecule has 0 saturated carbocycles. The van der Waals surface area contributed by atoms with Crippen LogP contribution in [-0.2, 0) is 32.7 Å². The van der Waals surface area contributed by atoms with E-state index < -0.39 is 32.5 Å². The van der Waals surface area contributed by atoms with Crippen molar-refractivity contribution in [1.29, 1.82) is 0 Å². The molecule has 0 aliphatic heterocycles. The van der Waals surface area contributed by atoms with E-state index in [2.05, 4.69) is 38.2 Å². The Kier molecular flexibility index (Phi) is 37.5. The first-order valence-corrected chi connectivity index (χ1v) is 22.4. The number of phosphoric ester groups is 1. The Hall–Kier alpha value is -3.15. The summed E-state index contributed by atoms with van der Waals surface area (Å²) in [7, 11) is -4.43. The maximum Gasteiger partial charge on any atom is 0.472 e. The third-order valence-electron chi connectivity index (χ3n) is 8.15. The summed E-state index contributed by atoms with van der Waals surface area (Å²) in [6, 6.07) is 0. The van der Waals surface area contributed by atoms with E-state index in [9.17, 15) is 29.3 Å². The lowest BCUT2D eigenvalue weighted by molar-refractivity contribution is -0.161. The van der Waals surface area contributed by atoms with Crippen LogP contribution in [0.5, 0.6) is 0 Å². The standard InChI is InChI=1S/C45H74NO10P/c1-3-5-25-31-41(47)33-27-21-17-13-9-7-11-15-19-23-29-35-44(49)53-39-43(40-55-57(51,52)54-38-37-46)56-45(50)36-30-24-20-16-12-8-10-14-18-22-28-34-42(48)32-26-6-4-2/h7-10,15-22,27-28,33-34,41-43,47-48H,3-6,11-14,23-26,29-32,35-40,46H2,1-2H3,(H,51,52)/b9-7-,10-8-,19-15-,20-16-,21-17-,22-18-,33-27+,34-28+/t41-,42-,43?/m0/s1. The average molecular weight is 820 g/mol. The SMILES string of the molecule is CCCCC[C@H](O)/C=C/C=C\C/C=C\C/C=C\CCCC(=O)OCC(COP(=O)(O)OCCN)OC(=O)CCC/C=C\C/C=C\C/C=C\C=C\[C@@H](O)CCCCC. The molecule has 0 aliphatic rings. The van der Waals surface area contributed by atoms with Crippen LogP contribution in [0.4, 0.5) is 0 Å². The van der Waals surface area contributed by atoms with Crippen LogP contribution in [0.2, 0.25) is 0 Å². The Balaban J connectivity index is 4.47. The van der Waals surface area contributed by atoms with E-state index in [1.807, 2.05) is 72.9 Å². The molecule has 0 aromatic carbocycles. The highest BCUT2D eigenvalue weighted by molar-refractivity contribution is 7.47. The van der Waals surface area contributed by atoms with Gasteiger partial charge in [-0.25, -0.2) is 4.57 Å². The molecule has 2 unspecified atom stereocenters. The van der Waals surface area contributed by atoms with Gasteiger partial charge in [-0.1, -0.05) is 150 Å².